The van der Waals surface area contributed by atoms with Crippen molar-refractivity contribution in [2.75, 3.05) is 0 Å². The summed E-state index contributed by atoms with van der Waals surface area (Å²) >= 11 is 0. The Labute approximate surface area is 132 Å². The number of aromatic amines is 2. The Kier molecular flexibility index (Phi) is 3.02. The van der Waals surface area contributed by atoms with Crippen molar-refractivity contribution in [3.05, 3.63) is 60.9 Å². The molecule has 0 saturated heterocycles. The lowest BCUT2D eigenvalue weighted by molar-refractivity contribution is 0.395. The van der Waals surface area contributed by atoms with E-state index in [0.717, 1.165) is 11.0 Å². The minimum atomic E-state index is -4.25. The normalized spacial score (nSPS) is 11.8. The number of hydrogen-bond donors (Lipinski definition) is 2. The first kappa shape index (κ1) is 13.7. The number of nitrogens with one attached hydrogen (secondary N) is 2. The molecule has 2 aromatic carbocycles. The summed E-state index contributed by atoms with van der Waals surface area (Å²) in [6, 6.07) is 14.5. The van der Waals surface area contributed by atoms with Crippen molar-refractivity contribution < 1.29 is 16.8 Å². The highest BCUT2D eigenvalue weighted by atomic mass is 32.3. The highest BCUT2D eigenvalue weighted by Gasteiger charge is 2.20. The summed E-state index contributed by atoms with van der Waals surface area (Å²) in [6.07, 6.45) is 2.97. The summed E-state index contributed by atoms with van der Waals surface area (Å²) in [4.78, 5) is 5.90. The molecule has 6 nitrogen and oxygen atoms in total. The fourth-order valence-corrected chi connectivity index (χ4v) is 3.21. The molecular weight excluding hydrogens is 316 g/mol. The summed E-state index contributed by atoms with van der Waals surface area (Å²) in [6.45, 7) is 0. The van der Waals surface area contributed by atoms with E-state index in [4.69, 9.17) is 8.37 Å². The molecule has 2 N–H and O–H groups in total. The van der Waals surface area contributed by atoms with Gasteiger partial charge in [-0.15, -0.1) is 8.42 Å². The van der Waals surface area contributed by atoms with E-state index in [-0.39, 0.29) is 11.5 Å². The van der Waals surface area contributed by atoms with Gasteiger partial charge in [0.25, 0.3) is 0 Å². The molecule has 116 valence electrons. The van der Waals surface area contributed by atoms with Gasteiger partial charge in [0, 0.05) is 34.2 Å². The molecule has 0 radical (unpaired) electrons. The van der Waals surface area contributed by atoms with Crippen molar-refractivity contribution in [1.29, 1.82) is 0 Å². The van der Waals surface area contributed by atoms with Gasteiger partial charge in [-0.05, 0) is 24.3 Å². The minimum absolute atomic E-state index is 0.195. The average molecular weight is 328 g/mol. The highest BCUT2D eigenvalue weighted by molar-refractivity contribution is 7.82. The molecule has 23 heavy (non-hydrogen) atoms. The Bertz CT molecular complexity index is 1010. The Hall–Kier alpha value is -2.93. The number of aromatic nitrogens is 2. The van der Waals surface area contributed by atoms with Crippen LogP contribution in [0.2, 0.25) is 0 Å². The zero-order valence-corrected chi connectivity index (χ0v) is 12.6. The van der Waals surface area contributed by atoms with Crippen molar-refractivity contribution in [2.45, 2.75) is 0 Å². The quantitative estimate of drug-likeness (QED) is 0.602. The third-order valence-corrected chi connectivity index (χ3v) is 4.25. The Morgan fingerprint density at radius 2 is 1.13 bits per heavy atom. The van der Waals surface area contributed by atoms with Gasteiger partial charge in [0.1, 0.15) is 0 Å². The van der Waals surface area contributed by atoms with Crippen molar-refractivity contribution in [3.8, 4) is 11.5 Å². The zero-order valence-electron chi connectivity index (χ0n) is 11.8. The van der Waals surface area contributed by atoms with Crippen molar-refractivity contribution in [2.24, 2.45) is 0 Å². The van der Waals surface area contributed by atoms with Gasteiger partial charge in [-0.25, -0.2) is 0 Å². The van der Waals surface area contributed by atoms with Crippen LogP contribution < -0.4 is 8.37 Å². The largest absolute Gasteiger partial charge is 0.501 e. The van der Waals surface area contributed by atoms with Crippen LogP contribution in [0.5, 0.6) is 11.5 Å². The van der Waals surface area contributed by atoms with Crippen molar-refractivity contribution >= 4 is 32.2 Å². The molecule has 0 fully saturated rings. The predicted molar refractivity (Wildman–Crippen MR) is 86.8 cm³/mol. The van der Waals surface area contributed by atoms with Gasteiger partial charge in [0.2, 0.25) is 0 Å². The molecule has 2 aromatic heterocycles. The lowest BCUT2D eigenvalue weighted by Crippen LogP contribution is -2.16. The first-order valence-corrected chi connectivity index (χ1v) is 8.22. The summed E-state index contributed by atoms with van der Waals surface area (Å²) in [5.41, 5.74) is 1.56. The molecule has 0 aliphatic heterocycles. The number of rotatable bonds is 4. The van der Waals surface area contributed by atoms with Gasteiger partial charge >= 0.3 is 10.4 Å². The molecule has 0 atom stereocenters. The lowest BCUT2D eigenvalue weighted by atomic mass is 10.2. The van der Waals surface area contributed by atoms with Crippen LogP contribution in [0.4, 0.5) is 0 Å². The average Bonchev–Trinajstić information content (AvgIpc) is 3.12. The van der Waals surface area contributed by atoms with Gasteiger partial charge in [0.05, 0.1) is 0 Å². The third-order valence-electron chi connectivity index (χ3n) is 3.49. The molecule has 0 unspecified atom stereocenters. The van der Waals surface area contributed by atoms with E-state index in [1.807, 2.05) is 24.3 Å². The first-order chi connectivity index (χ1) is 11.1. The Morgan fingerprint density at radius 1 is 0.696 bits per heavy atom. The van der Waals surface area contributed by atoms with Gasteiger partial charge in [-0.1, -0.05) is 24.3 Å². The molecule has 0 aliphatic carbocycles. The minimum Gasteiger partial charge on any atom is -0.358 e. The SMILES string of the molecule is O=S(=O)(Oc1c[nH]c2ccccc12)Oc1c[nH]c2ccccc12. The van der Waals surface area contributed by atoms with Crippen LogP contribution in [-0.2, 0) is 10.4 Å². The van der Waals surface area contributed by atoms with Crippen LogP contribution in [-0.4, -0.2) is 18.4 Å². The summed E-state index contributed by atoms with van der Waals surface area (Å²) < 4.78 is 34.5. The summed E-state index contributed by atoms with van der Waals surface area (Å²) in [5.74, 6) is 0.390. The van der Waals surface area contributed by atoms with E-state index in [1.54, 1.807) is 24.3 Å². The molecule has 0 bridgehead atoms. The maximum absolute atomic E-state index is 12.2. The zero-order chi connectivity index (χ0) is 15.9. The molecular formula is C16H12N2O4S. The molecule has 7 heteroatoms. The maximum Gasteiger partial charge on any atom is 0.501 e. The van der Waals surface area contributed by atoms with Gasteiger partial charge < -0.3 is 18.3 Å². The molecule has 0 saturated carbocycles. The number of benzene rings is 2. The molecule has 4 rings (SSSR count). The molecule has 4 aromatic rings. The predicted octanol–water partition coefficient (Wildman–Crippen LogP) is 3.35. The number of para-hydroxylation sites is 2. The fourth-order valence-electron chi connectivity index (χ4n) is 2.46. The maximum atomic E-state index is 12.2. The van der Waals surface area contributed by atoms with E-state index in [1.165, 1.54) is 12.4 Å². The van der Waals surface area contributed by atoms with Crippen LogP contribution in [0.3, 0.4) is 0 Å². The fraction of sp³-hybridized carbons (Fsp3) is 0. The second-order valence-electron chi connectivity index (χ2n) is 4.97. The van der Waals surface area contributed by atoms with E-state index < -0.39 is 10.4 Å². The van der Waals surface area contributed by atoms with Crippen molar-refractivity contribution in [1.82, 2.24) is 9.97 Å². The van der Waals surface area contributed by atoms with Crippen LogP contribution >= 0.6 is 0 Å². The Morgan fingerprint density at radius 3 is 1.61 bits per heavy atom. The van der Waals surface area contributed by atoms with Crippen molar-refractivity contribution in [3.63, 3.8) is 0 Å². The van der Waals surface area contributed by atoms with Crippen LogP contribution in [0.25, 0.3) is 21.8 Å². The highest BCUT2D eigenvalue weighted by Crippen LogP contribution is 2.29. The number of H-pyrrole nitrogens is 2. The molecule has 0 aliphatic rings. The van der Waals surface area contributed by atoms with Gasteiger partial charge in [-0.3, -0.25) is 0 Å². The Balaban J connectivity index is 1.66. The van der Waals surface area contributed by atoms with Gasteiger partial charge in [0.15, 0.2) is 11.5 Å². The monoisotopic (exact) mass is 328 g/mol. The van der Waals surface area contributed by atoms with E-state index in [0.29, 0.717) is 10.8 Å². The lowest BCUT2D eigenvalue weighted by Gasteiger charge is -2.06. The summed E-state index contributed by atoms with van der Waals surface area (Å²) in [7, 11) is -4.25. The number of fused-ring (bicyclic) bond motifs is 2. The van der Waals surface area contributed by atoms with Crippen LogP contribution in [0, 0.1) is 0 Å². The second kappa shape index (κ2) is 5.06. The second-order valence-corrected chi connectivity index (χ2v) is 6.12. The van der Waals surface area contributed by atoms with Crippen LogP contribution in [0.15, 0.2) is 60.9 Å². The van der Waals surface area contributed by atoms with E-state index in [2.05, 4.69) is 9.97 Å². The standard InChI is InChI=1S/C16H12N2O4S/c19-23(20,21-15-9-17-13-7-3-1-5-11(13)15)22-16-10-18-14-8-4-2-6-12(14)16/h1-10,17-18H. The number of hydrogen-bond acceptors (Lipinski definition) is 4. The van der Waals surface area contributed by atoms with E-state index in [9.17, 15) is 8.42 Å². The molecule has 0 amide bonds. The van der Waals surface area contributed by atoms with E-state index >= 15 is 0 Å². The summed E-state index contributed by atoms with van der Waals surface area (Å²) in [5, 5.41) is 1.33. The first-order valence-electron chi connectivity index (χ1n) is 6.88. The molecule has 0 spiro atoms. The topological polar surface area (TPSA) is 84.2 Å². The van der Waals surface area contributed by atoms with Gasteiger partial charge in [-0.2, -0.15) is 0 Å². The third kappa shape index (κ3) is 2.51. The smallest absolute Gasteiger partial charge is 0.358 e. The van der Waals surface area contributed by atoms with Crippen LogP contribution in [0.1, 0.15) is 0 Å². The molecule has 2 heterocycles.